The normalized spacial score (nSPS) is 12.5. The molecule has 122 valence electrons. The van der Waals surface area contributed by atoms with Gasteiger partial charge in [0.25, 0.3) is 0 Å². The summed E-state index contributed by atoms with van der Waals surface area (Å²) in [6.07, 6.45) is 0.739. The summed E-state index contributed by atoms with van der Waals surface area (Å²) in [6, 6.07) is 9.94. The number of ether oxygens (including phenoxy) is 2. The summed E-state index contributed by atoms with van der Waals surface area (Å²) in [7, 11) is 0. The maximum Gasteiger partial charge on any atom is 0.310 e. The van der Waals surface area contributed by atoms with Crippen LogP contribution in [0.3, 0.4) is 0 Å². The van der Waals surface area contributed by atoms with Gasteiger partial charge in [0.2, 0.25) is 0 Å². The molecule has 0 N–H and O–H groups in total. The van der Waals surface area contributed by atoms with Crippen LogP contribution in [0.25, 0.3) is 0 Å². The quantitative estimate of drug-likeness (QED) is 0.691. The van der Waals surface area contributed by atoms with Crippen molar-refractivity contribution in [2.75, 3.05) is 13.2 Å². The van der Waals surface area contributed by atoms with E-state index in [9.17, 15) is 9.59 Å². The van der Waals surface area contributed by atoms with Crippen LogP contribution in [0.5, 0.6) is 0 Å². The average Bonchev–Trinajstić information content (AvgIpc) is 2.45. The first-order valence-electron chi connectivity index (χ1n) is 7.77. The molecule has 0 spiro atoms. The molecule has 0 heterocycles. The summed E-state index contributed by atoms with van der Waals surface area (Å²) in [5.74, 6) is -1.22. The zero-order valence-electron chi connectivity index (χ0n) is 13.9. The highest BCUT2D eigenvalue weighted by atomic mass is 16.5. The Hall–Kier alpha value is -1.84. The number of rotatable bonds is 8. The fourth-order valence-corrected chi connectivity index (χ4v) is 2.55. The van der Waals surface area contributed by atoms with Crippen LogP contribution >= 0.6 is 0 Å². The molecule has 1 aromatic carbocycles. The molecule has 0 bridgehead atoms. The number of carbonyl (C=O) groups excluding carboxylic acids is 2. The molecule has 1 atom stereocenters. The van der Waals surface area contributed by atoms with Gasteiger partial charge in [-0.3, -0.25) is 9.59 Å². The zero-order valence-corrected chi connectivity index (χ0v) is 13.9. The van der Waals surface area contributed by atoms with Crippen molar-refractivity contribution in [3.05, 3.63) is 35.9 Å². The van der Waals surface area contributed by atoms with E-state index in [2.05, 4.69) is 0 Å². The molecule has 0 aromatic heterocycles. The molecule has 4 heteroatoms. The van der Waals surface area contributed by atoms with Gasteiger partial charge in [-0.25, -0.2) is 0 Å². The molecule has 0 aliphatic rings. The van der Waals surface area contributed by atoms with Gasteiger partial charge in [-0.1, -0.05) is 44.2 Å². The summed E-state index contributed by atoms with van der Waals surface area (Å²) in [6.45, 7) is 8.12. The van der Waals surface area contributed by atoms with Crippen LogP contribution in [0.15, 0.2) is 30.3 Å². The van der Waals surface area contributed by atoms with Gasteiger partial charge in [0.15, 0.2) is 0 Å². The first kappa shape index (κ1) is 18.2. The van der Waals surface area contributed by atoms with E-state index < -0.39 is 11.3 Å². The topological polar surface area (TPSA) is 52.6 Å². The van der Waals surface area contributed by atoms with Gasteiger partial charge in [0, 0.05) is 0 Å². The molecular formula is C18H26O4. The Balaban J connectivity index is 2.91. The van der Waals surface area contributed by atoms with Gasteiger partial charge in [0.05, 0.1) is 25.6 Å². The van der Waals surface area contributed by atoms with E-state index >= 15 is 0 Å². The highest BCUT2D eigenvalue weighted by Gasteiger charge is 2.38. The van der Waals surface area contributed by atoms with E-state index in [4.69, 9.17) is 9.47 Å². The standard InChI is InChI=1S/C18H26O4/c1-5-21-16(19)12-15(17(20)22-6-2)18(3,4)13-14-10-8-7-9-11-14/h7-11,15H,5-6,12-13H2,1-4H3. The van der Waals surface area contributed by atoms with Crippen LogP contribution in [0.4, 0.5) is 0 Å². The minimum atomic E-state index is -0.522. The van der Waals surface area contributed by atoms with Crippen molar-refractivity contribution >= 4 is 11.9 Å². The van der Waals surface area contributed by atoms with Crippen LogP contribution < -0.4 is 0 Å². The second-order valence-electron chi connectivity index (χ2n) is 5.96. The minimum absolute atomic E-state index is 0.0481. The molecule has 1 unspecified atom stereocenters. The van der Waals surface area contributed by atoms with Gasteiger partial charge in [-0.15, -0.1) is 0 Å². The molecule has 22 heavy (non-hydrogen) atoms. The lowest BCUT2D eigenvalue weighted by Gasteiger charge is -2.32. The van der Waals surface area contributed by atoms with E-state index in [0.717, 1.165) is 5.56 Å². The highest BCUT2D eigenvalue weighted by Crippen LogP contribution is 2.34. The third-order valence-electron chi connectivity index (χ3n) is 3.69. The molecule has 0 aliphatic carbocycles. The van der Waals surface area contributed by atoms with Crippen LogP contribution in [-0.2, 0) is 25.5 Å². The molecule has 4 nitrogen and oxygen atoms in total. The van der Waals surface area contributed by atoms with E-state index in [1.165, 1.54) is 0 Å². The average molecular weight is 306 g/mol. The van der Waals surface area contributed by atoms with Crippen molar-refractivity contribution in [3.63, 3.8) is 0 Å². The molecule has 1 rings (SSSR count). The number of carbonyl (C=O) groups is 2. The zero-order chi connectivity index (χ0) is 16.6. The Morgan fingerprint density at radius 2 is 1.64 bits per heavy atom. The largest absolute Gasteiger partial charge is 0.466 e. The smallest absolute Gasteiger partial charge is 0.310 e. The molecule has 1 aromatic rings. The third kappa shape index (κ3) is 5.51. The lowest BCUT2D eigenvalue weighted by atomic mass is 9.73. The van der Waals surface area contributed by atoms with Crippen LogP contribution in [0.1, 0.15) is 39.7 Å². The number of esters is 2. The minimum Gasteiger partial charge on any atom is -0.466 e. The van der Waals surface area contributed by atoms with E-state index in [1.807, 2.05) is 44.2 Å². The van der Waals surface area contributed by atoms with Gasteiger partial charge in [-0.2, -0.15) is 0 Å². The van der Waals surface area contributed by atoms with Gasteiger partial charge >= 0.3 is 11.9 Å². The monoisotopic (exact) mass is 306 g/mol. The highest BCUT2D eigenvalue weighted by molar-refractivity contribution is 5.80. The molecule has 0 radical (unpaired) electrons. The lowest BCUT2D eigenvalue weighted by Crippen LogP contribution is -2.36. The van der Waals surface area contributed by atoms with Crippen molar-refractivity contribution in [1.82, 2.24) is 0 Å². The molecule has 0 fully saturated rings. The van der Waals surface area contributed by atoms with Gasteiger partial charge in [0.1, 0.15) is 0 Å². The van der Waals surface area contributed by atoms with Crippen LogP contribution in [0, 0.1) is 11.3 Å². The number of hydrogen-bond donors (Lipinski definition) is 0. The van der Waals surface area contributed by atoms with Crippen molar-refractivity contribution in [1.29, 1.82) is 0 Å². The fourth-order valence-electron chi connectivity index (χ4n) is 2.55. The Morgan fingerprint density at radius 1 is 1.05 bits per heavy atom. The maximum atomic E-state index is 12.3. The fraction of sp³-hybridized carbons (Fsp3) is 0.556. The van der Waals surface area contributed by atoms with Crippen LogP contribution in [-0.4, -0.2) is 25.2 Å². The molecule has 0 aliphatic heterocycles. The summed E-state index contributed by atoms with van der Waals surface area (Å²) < 4.78 is 10.2. The molecule has 0 amide bonds. The Bertz CT molecular complexity index is 479. The van der Waals surface area contributed by atoms with E-state index in [1.54, 1.807) is 13.8 Å². The predicted octanol–water partition coefficient (Wildman–Crippen LogP) is 3.39. The summed E-state index contributed by atoms with van der Waals surface area (Å²) >= 11 is 0. The van der Waals surface area contributed by atoms with Crippen molar-refractivity contribution < 1.29 is 19.1 Å². The summed E-state index contributed by atoms with van der Waals surface area (Å²) in [4.78, 5) is 24.1. The Morgan fingerprint density at radius 3 is 2.18 bits per heavy atom. The lowest BCUT2D eigenvalue weighted by molar-refractivity contribution is -0.159. The van der Waals surface area contributed by atoms with Gasteiger partial charge < -0.3 is 9.47 Å². The molecule has 0 saturated carbocycles. The van der Waals surface area contributed by atoms with E-state index in [-0.39, 0.29) is 18.4 Å². The second-order valence-corrected chi connectivity index (χ2v) is 5.96. The SMILES string of the molecule is CCOC(=O)CC(C(=O)OCC)C(C)(C)Cc1ccccc1. The predicted molar refractivity (Wildman–Crippen MR) is 85.3 cm³/mol. The Labute approximate surface area is 132 Å². The van der Waals surface area contributed by atoms with E-state index in [0.29, 0.717) is 19.6 Å². The summed E-state index contributed by atoms with van der Waals surface area (Å²) in [5.41, 5.74) is 0.728. The van der Waals surface area contributed by atoms with Gasteiger partial charge in [-0.05, 0) is 31.2 Å². The molecule has 0 saturated heterocycles. The third-order valence-corrected chi connectivity index (χ3v) is 3.69. The first-order chi connectivity index (χ1) is 10.4. The van der Waals surface area contributed by atoms with Crippen LogP contribution in [0.2, 0.25) is 0 Å². The van der Waals surface area contributed by atoms with Crippen molar-refractivity contribution in [2.24, 2.45) is 11.3 Å². The number of benzene rings is 1. The van der Waals surface area contributed by atoms with Crippen molar-refractivity contribution in [3.8, 4) is 0 Å². The van der Waals surface area contributed by atoms with Crippen molar-refractivity contribution in [2.45, 2.75) is 40.5 Å². The Kier molecular flexibility index (Phi) is 7.09. The number of hydrogen-bond acceptors (Lipinski definition) is 4. The maximum absolute atomic E-state index is 12.3. The first-order valence-corrected chi connectivity index (χ1v) is 7.77. The molecular weight excluding hydrogens is 280 g/mol. The summed E-state index contributed by atoms with van der Waals surface area (Å²) in [5, 5.41) is 0. The second kappa shape index (κ2) is 8.57.